The second kappa shape index (κ2) is 5.95. The molecule has 0 saturated heterocycles. The molecule has 104 valence electrons. The Kier molecular flexibility index (Phi) is 4.71. The number of hydrogen-bond acceptors (Lipinski definition) is 2. The molecule has 19 heavy (non-hydrogen) atoms. The van der Waals surface area contributed by atoms with Crippen LogP contribution in [0, 0.1) is 0 Å². The highest BCUT2D eigenvalue weighted by atomic mass is 79.9. The van der Waals surface area contributed by atoms with Crippen LogP contribution in [0.4, 0.5) is 0 Å². The predicted octanol–water partition coefficient (Wildman–Crippen LogP) is 4.76. The van der Waals surface area contributed by atoms with Crippen LogP contribution in [-0.2, 0) is 11.5 Å². The lowest BCUT2D eigenvalue weighted by Crippen LogP contribution is -2.21. The summed E-state index contributed by atoms with van der Waals surface area (Å²) in [6.45, 7) is 8.36. The molecule has 0 aromatic carbocycles. The van der Waals surface area contributed by atoms with Crippen molar-refractivity contribution in [3.8, 4) is 0 Å². The first kappa shape index (κ1) is 15.0. The Morgan fingerprint density at radius 1 is 1.42 bits per heavy atom. The molecule has 0 N–H and O–H groups in total. The standard InChI is InChI=1S/C13H18BrClN2OSi/c1-19(2,3)7-6-18-9-17-5-4-10-11(14)8-16-13(15)12(10)17/h4-5,8H,6-7,9H2,1-3H3. The summed E-state index contributed by atoms with van der Waals surface area (Å²) < 4.78 is 8.70. The highest BCUT2D eigenvalue weighted by Gasteiger charge is 2.13. The summed E-state index contributed by atoms with van der Waals surface area (Å²) in [7, 11) is -1.03. The van der Waals surface area contributed by atoms with Gasteiger partial charge in [-0.25, -0.2) is 4.98 Å². The quantitative estimate of drug-likeness (QED) is 0.436. The van der Waals surface area contributed by atoms with Gasteiger partial charge in [-0.2, -0.15) is 0 Å². The van der Waals surface area contributed by atoms with Gasteiger partial charge in [-0.15, -0.1) is 0 Å². The minimum atomic E-state index is -1.03. The van der Waals surface area contributed by atoms with E-state index in [1.165, 1.54) is 6.04 Å². The molecule has 0 aliphatic carbocycles. The molecule has 2 rings (SSSR count). The molecule has 0 unspecified atom stereocenters. The summed E-state index contributed by atoms with van der Waals surface area (Å²) in [6.07, 6.45) is 3.71. The van der Waals surface area contributed by atoms with Gasteiger partial charge < -0.3 is 9.30 Å². The van der Waals surface area contributed by atoms with Crippen molar-refractivity contribution in [3.05, 3.63) is 28.1 Å². The normalized spacial score (nSPS) is 12.3. The van der Waals surface area contributed by atoms with Crippen molar-refractivity contribution in [3.63, 3.8) is 0 Å². The molecule has 0 radical (unpaired) electrons. The molecule has 2 aromatic heterocycles. The van der Waals surface area contributed by atoms with Gasteiger partial charge in [0.25, 0.3) is 0 Å². The molecular formula is C13H18BrClN2OSi. The van der Waals surface area contributed by atoms with E-state index in [4.69, 9.17) is 16.3 Å². The lowest BCUT2D eigenvalue weighted by molar-refractivity contribution is 0.0902. The van der Waals surface area contributed by atoms with Gasteiger partial charge in [0.05, 0.1) is 5.52 Å². The van der Waals surface area contributed by atoms with E-state index >= 15 is 0 Å². The zero-order chi connectivity index (χ0) is 14.0. The predicted molar refractivity (Wildman–Crippen MR) is 86.5 cm³/mol. The molecular weight excluding hydrogens is 344 g/mol. The van der Waals surface area contributed by atoms with Crippen LogP contribution in [0.1, 0.15) is 0 Å². The summed E-state index contributed by atoms with van der Waals surface area (Å²) in [5.41, 5.74) is 0.920. The molecule has 0 aliphatic heterocycles. The fourth-order valence-electron chi connectivity index (χ4n) is 1.79. The highest BCUT2D eigenvalue weighted by Crippen LogP contribution is 2.28. The van der Waals surface area contributed by atoms with Gasteiger partial charge in [-0.3, -0.25) is 0 Å². The number of fused-ring (bicyclic) bond motifs is 1. The smallest absolute Gasteiger partial charge is 0.153 e. The molecule has 0 spiro atoms. The monoisotopic (exact) mass is 360 g/mol. The summed E-state index contributed by atoms with van der Waals surface area (Å²) in [5.74, 6) is 0. The number of pyridine rings is 1. The molecule has 0 fully saturated rings. The zero-order valence-electron chi connectivity index (χ0n) is 11.4. The molecule has 0 aliphatic rings. The first-order valence-electron chi connectivity index (χ1n) is 6.25. The van der Waals surface area contributed by atoms with Gasteiger partial charge in [-0.1, -0.05) is 31.2 Å². The number of aromatic nitrogens is 2. The summed E-state index contributed by atoms with van der Waals surface area (Å²) >= 11 is 9.64. The lowest BCUT2D eigenvalue weighted by Gasteiger charge is -2.15. The first-order valence-corrected chi connectivity index (χ1v) is 11.1. The second-order valence-electron chi connectivity index (χ2n) is 5.79. The molecule has 0 atom stereocenters. The average molecular weight is 362 g/mol. The van der Waals surface area contributed by atoms with Crippen molar-refractivity contribution >= 4 is 46.5 Å². The van der Waals surface area contributed by atoms with Crippen molar-refractivity contribution < 1.29 is 4.74 Å². The van der Waals surface area contributed by atoms with Crippen LogP contribution in [0.3, 0.4) is 0 Å². The van der Waals surface area contributed by atoms with Crippen molar-refractivity contribution in [2.24, 2.45) is 0 Å². The third kappa shape index (κ3) is 3.81. The van der Waals surface area contributed by atoms with Gasteiger partial charge in [0.2, 0.25) is 0 Å². The molecule has 3 nitrogen and oxygen atoms in total. The van der Waals surface area contributed by atoms with Crippen molar-refractivity contribution in [2.75, 3.05) is 6.61 Å². The van der Waals surface area contributed by atoms with Crippen LogP contribution < -0.4 is 0 Å². The summed E-state index contributed by atoms with van der Waals surface area (Å²) in [4.78, 5) is 4.16. The maximum atomic E-state index is 6.16. The third-order valence-electron chi connectivity index (χ3n) is 2.93. The van der Waals surface area contributed by atoms with Crippen molar-refractivity contribution in [1.82, 2.24) is 9.55 Å². The fourth-order valence-corrected chi connectivity index (χ4v) is 3.23. The van der Waals surface area contributed by atoms with Gasteiger partial charge in [0.15, 0.2) is 5.15 Å². The number of ether oxygens (including phenoxy) is 1. The second-order valence-corrected chi connectivity index (χ2v) is 12.6. The van der Waals surface area contributed by atoms with E-state index in [9.17, 15) is 0 Å². The largest absolute Gasteiger partial charge is 0.361 e. The fraction of sp³-hybridized carbons (Fsp3) is 0.462. The van der Waals surface area contributed by atoms with E-state index < -0.39 is 8.07 Å². The van der Waals surface area contributed by atoms with E-state index in [0.29, 0.717) is 11.9 Å². The van der Waals surface area contributed by atoms with Crippen molar-refractivity contribution in [2.45, 2.75) is 32.4 Å². The maximum absolute atomic E-state index is 6.16. The lowest BCUT2D eigenvalue weighted by atomic mass is 10.3. The third-order valence-corrected chi connectivity index (χ3v) is 5.55. The number of nitrogens with zero attached hydrogens (tertiary/aromatic N) is 2. The first-order chi connectivity index (χ1) is 8.88. The molecule has 0 bridgehead atoms. The topological polar surface area (TPSA) is 27.1 Å². The van der Waals surface area contributed by atoms with Crippen LogP contribution in [-0.4, -0.2) is 24.2 Å². The summed E-state index contributed by atoms with van der Waals surface area (Å²) in [6, 6.07) is 3.19. The van der Waals surface area contributed by atoms with E-state index in [1.807, 2.05) is 16.8 Å². The molecule has 6 heteroatoms. The summed E-state index contributed by atoms with van der Waals surface area (Å²) in [5, 5.41) is 1.57. The minimum Gasteiger partial charge on any atom is -0.361 e. The van der Waals surface area contributed by atoms with E-state index in [-0.39, 0.29) is 0 Å². The number of rotatable bonds is 5. The van der Waals surface area contributed by atoms with Crippen LogP contribution in [0.15, 0.2) is 22.9 Å². The van der Waals surface area contributed by atoms with Crippen LogP contribution in [0.25, 0.3) is 10.9 Å². The highest BCUT2D eigenvalue weighted by molar-refractivity contribution is 9.10. The minimum absolute atomic E-state index is 0.511. The Labute approximate surface area is 128 Å². The Morgan fingerprint density at radius 2 is 2.16 bits per heavy atom. The van der Waals surface area contributed by atoms with E-state index in [0.717, 1.165) is 22.0 Å². The van der Waals surface area contributed by atoms with Crippen LogP contribution >= 0.6 is 27.5 Å². The van der Waals surface area contributed by atoms with Gasteiger partial charge >= 0.3 is 0 Å². The van der Waals surface area contributed by atoms with E-state index in [2.05, 4.69) is 40.6 Å². The molecule has 2 heterocycles. The van der Waals surface area contributed by atoms with Crippen molar-refractivity contribution in [1.29, 1.82) is 0 Å². The molecule has 0 saturated carbocycles. The van der Waals surface area contributed by atoms with Gasteiger partial charge in [0, 0.05) is 36.9 Å². The Balaban J connectivity index is 2.08. The zero-order valence-corrected chi connectivity index (χ0v) is 14.8. The van der Waals surface area contributed by atoms with Gasteiger partial charge in [-0.05, 0) is 28.0 Å². The Morgan fingerprint density at radius 3 is 2.84 bits per heavy atom. The Bertz CT molecular complexity index is 580. The SMILES string of the molecule is C[Si](C)(C)CCOCn1ccc2c(Br)cnc(Cl)c21. The van der Waals surface area contributed by atoms with E-state index in [1.54, 1.807) is 6.20 Å². The van der Waals surface area contributed by atoms with Crippen LogP contribution in [0.2, 0.25) is 30.8 Å². The van der Waals surface area contributed by atoms with Crippen LogP contribution in [0.5, 0.6) is 0 Å². The number of halogens is 2. The van der Waals surface area contributed by atoms with Gasteiger partial charge in [0.1, 0.15) is 6.73 Å². The number of hydrogen-bond donors (Lipinski definition) is 0. The maximum Gasteiger partial charge on any atom is 0.153 e. The molecule has 2 aromatic rings. The molecule has 0 amide bonds. The Hall–Kier alpha value is -0.363. The average Bonchev–Trinajstić information content (AvgIpc) is 2.73.